The number of nitrogens with one attached hydrogen (secondary N) is 3. The number of benzene rings is 1. The number of halogens is 1. The van der Waals surface area contributed by atoms with Gasteiger partial charge in [0, 0.05) is 30.9 Å². The smallest absolute Gasteiger partial charge is 0.244 e. The number of hydrogen-bond donors (Lipinski definition) is 3. The Morgan fingerprint density at radius 1 is 1.33 bits per heavy atom. The Morgan fingerprint density at radius 2 is 2.10 bits per heavy atom. The normalized spacial score (nSPS) is 22.9. The molecule has 0 bridgehead atoms. The average Bonchev–Trinajstić information content (AvgIpc) is 3.31. The van der Waals surface area contributed by atoms with Crippen LogP contribution in [-0.2, 0) is 4.74 Å². The van der Waals surface area contributed by atoms with Gasteiger partial charge in [0.1, 0.15) is 11.2 Å². The lowest BCUT2D eigenvalue weighted by molar-refractivity contribution is -0.149. The molecule has 0 spiro atoms. The molecular formula is C28H37FN8O2. The summed E-state index contributed by atoms with van der Waals surface area (Å²) in [7, 11) is 1.56. The number of piperidine rings is 1. The molecule has 11 heteroatoms. The van der Waals surface area contributed by atoms with E-state index in [2.05, 4.69) is 44.2 Å². The van der Waals surface area contributed by atoms with Crippen LogP contribution < -0.4 is 15.4 Å². The van der Waals surface area contributed by atoms with Crippen molar-refractivity contribution in [2.24, 2.45) is 5.11 Å². The summed E-state index contributed by atoms with van der Waals surface area (Å²) in [6, 6.07) is 7.25. The van der Waals surface area contributed by atoms with Gasteiger partial charge in [0.05, 0.1) is 37.6 Å². The van der Waals surface area contributed by atoms with Crippen LogP contribution in [0.25, 0.3) is 16.6 Å². The van der Waals surface area contributed by atoms with Crippen molar-refractivity contribution in [1.82, 2.24) is 19.5 Å². The molecule has 3 N–H and O–H groups in total. The Labute approximate surface area is 228 Å². The zero-order valence-corrected chi connectivity index (χ0v) is 23.2. The summed E-state index contributed by atoms with van der Waals surface area (Å²) in [5.41, 5.74) is 9.96. The van der Waals surface area contributed by atoms with Gasteiger partial charge in [-0.15, -0.1) is 5.10 Å². The summed E-state index contributed by atoms with van der Waals surface area (Å²) < 4.78 is 29.3. The lowest BCUT2D eigenvalue weighted by atomic mass is 9.81. The molecule has 10 nitrogen and oxygen atoms in total. The molecule has 4 heterocycles. The maximum absolute atomic E-state index is 16.5. The third-order valence-corrected chi connectivity index (χ3v) is 7.81. The Hall–Kier alpha value is -3.57. The van der Waals surface area contributed by atoms with Crippen LogP contribution in [0.1, 0.15) is 34.1 Å². The molecule has 2 aliphatic rings. The van der Waals surface area contributed by atoms with E-state index in [1.54, 1.807) is 24.6 Å². The highest BCUT2D eigenvalue weighted by atomic mass is 19.1. The van der Waals surface area contributed by atoms with E-state index in [1.807, 2.05) is 38.2 Å². The van der Waals surface area contributed by atoms with E-state index < -0.39 is 11.7 Å². The SMILES string of the molecule is C=C(C)C1(F)CN(C2(C)COC2)CC[C@H]1Nc1nc(OC)c2c(-c3ccc(N=N)c(NC(C)C)c3)ccn2n1. The molecule has 208 valence electrons. The van der Waals surface area contributed by atoms with E-state index in [0.29, 0.717) is 42.3 Å². The molecule has 0 radical (unpaired) electrons. The minimum atomic E-state index is -1.66. The number of rotatable bonds is 9. The summed E-state index contributed by atoms with van der Waals surface area (Å²) in [6.07, 6.45) is 2.40. The number of ether oxygens (including phenoxy) is 2. The Bertz CT molecular complexity index is 1400. The Balaban J connectivity index is 1.46. The van der Waals surface area contributed by atoms with Crippen LogP contribution >= 0.6 is 0 Å². The van der Waals surface area contributed by atoms with Gasteiger partial charge < -0.3 is 20.1 Å². The lowest BCUT2D eigenvalue weighted by Gasteiger charge is -2.53. The van der Waals surface area contributed by atoms with Crippen LogP contribution in [0.15, 0.2) is 47.7 Å². The maximum Gasteiger partial charge on any atom is 0.244 e. The lowest BCUT2D eigenvalue weighted by Crippen LogP contribution is -2.68. The van der Waals surface area contributed by atoms with Crippen LogP contribution in [-0.4, -0.2) is 76.2 Å². The quantitative estimate of drug-likeness (QED) is 0.246. The fraction of sp³-hybridized carbons (Fsp3) is 0.500. The molecular weight excluding hydrogens is 499 g/mol. The molecule has 0 saturated carbocycles. The average molecular weight is 537 g/mol. The largest absolute Gasteiger partial charge is 0.479 e. The summed E-state index contributed by atoms with van der Waals surface area (Å²) in [6.45, 7) is 14.1. The van der Waals surface area contributed by atoms with Crippen molar-refractivity contribution in [2.75, 3.05) is 44.0 Å². The van der Waals surface area contributed by atoms with Crippen molar-refractivity contribution < 1.29 is 13.9 Å². The van der Waals surface area contributed by atoms with E-state index in [-0.39, 0.29) is 24.1 Å². The van der Waals surface area contributed by atoms with Crippen molar-refractivity contribution in [1.29, 1.82) is 5.53 Å². The molecule has 0 amide bonds. The molecule has 1 aromatic carbocycles. The van der Waals surface area contributed by atoms with E-state index >= 15 is 4.39 Å². The highest BCUT2D eigenvalue weighted by molar-refractivity contribution is 5.87. The van der Waals surface area contributed by atoms with Crippen LogP contribution in [0, 0.1) is 5.53 Å². The van der Waals surface area contributed by atoms with Gasteiger partial charge >= 0.3 is 0 Å². The first-order chi connectivity index (χ1) is 18.6. The monoisotopic (exact) mass is 536 g/mol. The van der Waals surface area contributed by atoms with Crippen molar-refractivity contribution in [3.63, 3.8) is 0 Å². The van der Waals surface area contributed by atoms with Crippen molar-refractivity contribution in [3.8, 4) is 17.0 Å². The van der Waals surface area contributed by atoms with E-state index in [1.165, 1.54) is 0 Å². The second-order valence-corrected chi connectivity index (χ2v) is 11.1. The van der Waals surface area contributed by atoms with Crippen molar-refractivity contribution in [2.45, 2.75) is 57.4 Å². The van der Waals surface area contributed by atoms with Gasteiger partial charge in [0.2, 0.25) is 11.8 Å². The predicted octanol–water partition coefficient (Wildman–Crippen LogP) is 5.45. The molecule has 5 rings (SSSR count). The van der Waals surface area contributed by atoms with Gasteiger partial charge in [0.25, 0.3) is 0 Å². The highest BCUT2D eigenvalue weighted by Crippen LogP contribution is 2.39. The number of methoxy groups -OCH3 is 1. The van der Waals surface area contributed by atoms with Gasteiger partial charge in [-0.2, -0.15) is 10.1 Å². The topological polar surface area (TPSA) is 112 Å². The van der Waals surface area contributed by atoms with Gasteiger partial charge in [-0.25, -0.2) is 14.4 Å². The number of fused-ring (bicyclic) bond motifs is 1. The van der Waals surface area contributed by atoms with Crippen molar-refractivity contribution in [3.05, 3.63) is 42.6 Å². The number of nitrogens with zero attached hydrogens (tertiary/aromatic N) is 5. The Morgan fingerprint density at radius 3 is 2.72 bits per heavy atom. The molecule has 2 aromatic heterocycles. The molecule has 2 aliphatic heterocycles. The number of likely N-dealkylation sites (tertiary alicyclic amines) is 1. The summed E-state index contributed by atoms with van der Waals surface area (Å²) in [5.74, 6) is 0.656. The highest BCUT2D eigenvalue weighted by Gasteiger charge is 2.51. The van der Waals surface area contributed by atoms with Gasteiger partial charge in [-0.1, -0.05) is 12.6 Å². The summed E-state index contributed by atoms with van der Waals surface area (Å²) in [5, 5.41) is 14.9. The van der Waals surface area contributed by atoms with E-state index in [0.717, 1.165) is 23.4 Å². The van der Waals surface area contributed by atoms with Crippen LogP contribution in [0.3, 0.4) is 0 Å². The van der Waals surface area contributed by atoms with Crippen LogP contribution in [0.2, 0.25) is 0 Å². The third-order valence-electron chi connectivity index (χ3n) is 7.81. The van der Waals surface area contributed by atoms with E-state index in [9.17, 15) is 0 Å². The molecule has 2 fully saturated rings. The zero-order valence-electron chi connectivity index (χ0n) is 23.2. The molecule has 1 unspecified atom stereocenters. The molecule has 2 saturated heterocycles. The maximum atomic E-state index is 16.5. The molecule has 0 aliphatic carbocycles. The third kappa shape index (κ3) is 4.85. The fourth-order valence-corrected chi connectivity index (χ4v) is 5.45. The second-order valence-electron chi connectivity index (χ2n) is 11.1. The number of anilines is 2. The first-order valence-electron chi connectivity index (χ1n) is 13.2. The standard InChI is InChI=1S/C28H37FN8O2/c1-17(2)28(29)14-36(27(5)15-39-16-27)11-10-23(28)32-26-33-25(38-6)24-20(9-12-37(24)35-26)19-7-8-21(34-30)22(13-19)31-18(3)4/h7-9,12-13,18,23,30-31H,1,10-11,14-16H2,2-6H3,(H,32,35)/t23-,28?/m1/s1. The fourth-order valence-electron chi connectivity index (χ4n) is 5.45. The summed E-state index contributed by atoms with van der Waals surface area (Å²) >= 11 is 0. The minimum Gasteiger partial charge on any atom is -0.479 e. The number of hydrogen-bond acceptors (Lipinski definition) is 9. The minimum absolute atomic E-state index is 0.143. The van der Waals surface area contributed by atoms with E-state index in [4.69, 9.17) is 15.0 Å². The molecule has 3 aromatic rings. The van der Waals surface area contributed by atoms with Crippen LogP contribution in [0.5, 0.6) is 5.88 Å². The van der Waals surface area contributed by atoms with Gasteiger partial charge in [0.15, 0.2) is 5.67 Å². The zero-order chi connectivity index (χ0) is 27.9. The van der Waals surface area contributed by atoms with Crippen molar-refractivity contribution >= 4 is 22.8 Å². The molecule has 39 heavy (non-hydrogen) atoms. The van der Waals surface area contributed by atoms with Crippen LogP contribution in [0.4, 0.5) is 21.7 Å². The first-order valence-corrected chi connectivity index (χ1v) is 13.2. The number of alkyl halides is 1. The molecule has 2 atom stereocenters. The summed E-state index contributed by atoms with van der Waals surface area (Å²) in [4.78, 5) is 6.81. The first kappa shape index (κ1) is 27.0. The number of aromatic nitrogens is 3. The van der Waals surface area contributed by atoms with Gasteiger partial charge in [-0.05, 0) is 63.5 Å². The van der Waals surface area contributed by atoms with Gasteiger partial charge in [-0.3, -0.25) is 4.90 Å². The second kappa shape index (κ2) is 10.2. The Kier molecular flexibility index (Phi) is 7.06. The predicted molar refractivity (Wildman–Crippen MR) is 150 cm³/mol.